The molecule has 0 radical (unpaired) electrons. The molecule has 0 fully saturated rings. The van der Waals surface area contributed by atoms with Gasteiger partial charge in [0.15, 0.2) is 11.0 Å². The van der Waals surface area contributed by atoms with Gasteiger partial charge in [-0.25, -0.2) is 4.21 Å². The van der Waals surface area contributed by atoms with Gasteiger partial charge in [-0.15, -0.1) is 11.8 Å². The van der Waals surface area contributed by atoms with Crippen LogP contribution in [0.2, 0.25) is 0 Å². The van der Waals surface area contributed by atoms with Crippen LogP contribution in [0.15, 0.2) is 27.5 Å². The van der Waals surface area contributed by atoms with E-state index < -0.39 is 11.0 Å². The van der Waals surface area contributed by atoms with Crippen molar-refractivity contribution in [3.63, 3.8) is 0 Å². The van der Waals surface area contributed by atoms with E-state index in [9.17, 15) is 4.21 Å². The van der Waals surface area contributed by atoms with Gasteiger partial charge < -0.3 is 4.74 Å². The Labute approximate surface area is 103 Å². The fourth-order valence-corrected chi connectivity index (χ4v) is 2.49. The predicted molar refractivity (Wildman–Crippen MR) is 70.8 cm³/mol. The Morgan fingerprint density at radius 3 is 2.75 bits per heavy atom. The topological polar surface area (TPSA) is 38.7 Å². The third kappa shape index (κ3) is 3.35. The first-order valence-electron chi connectivity index (χ1n) is 4.74. The smallest absolute Gasteiger partial charge is 0.173 e. The molecule has 1 rings (SSSR count). The Hall–Kier alpha value is -0.810. The summed E-state index contributed by atoms with van der Waals surface area (Å²) in [5, 5.41) is 0.806. The number of thioether (sulfide) groups is 1. The second-order valence-electron chi connectivity index (χ2n) is 3.20. The van der Waals surface area contributed by atoms with Crippen LogP contribution < -0.4 is 4.74 Å². The molecule has 0 N–H and O–H groups in total. The van der Waals surface area contributed by atoms with E-state index in [0.717, 1.165) is 10.6 Å². The van der Waals surface area contributed by atoms with Crippen LogP contribution in [0.1, 0.15) is 12.5 Å². The maximum Gasteiger partial charge on any atom is 0.173 e. The average Bonchev–Trinajstić information content (AvgIpc) is 2.29. The zero-order valence-corrected chi connectivity index (χ0v) is 11.4. The lowest BCUT2D eigenvalue weighted by Gasteiger charge is -2.05. The maximum atomic E-state index is 12.0. The molecule has 0 aliphatic carbocycles. The van der Waals surface area contributed by atoms with Gasteiger partial charge in [-0.1, -0.05) is 6.07 Å². The highest BCUT2D eigenvalue weighted by Crippen LogP contribution is 2.21. The van der Waals surface area contributed by atoms with Gasteiger partial charge in [0.25, 0.3) is 0 Å². The molecule has 0 saturated carbocycles. The molecule has 0 aliphatic rings. The van der Waals surface area contributed by atoms with Gasteiger partial charge in [-0.3, -0.25) is 0 Å². The monoisotopic (exact) mass is 257 g/mol. The number of hydrogen-bond donors (Lipinski definition) is 0. The van der Waals surface area contributed by atoms with Crippen molar-refractivity contribution in [3.8, 4) is 5.75 Å². The Kier molecular flexibility index (Phi) is 5.02. The van der Waals surface area contributed by atoms with Crippen molar-refractivity contribution >= 4 is 27.8 Å². The SMILES string of the molecule is COc1ccc(C)c(S(=O)N=C(C)SC)c1. The number of ether oxygens (including phenoxy) is 1. The first kappa shape index (κ1) is 13.3. The molecule has 1 aromatic rings. The largest absolute Gasteiger partial charge is 0.497 e. The van der Waals surface area contributed by atoms with Crippen LogP contribution in [0.4, 0.5) is 0 Å². The van der Waals surface area contributed by atoms with Crippen LogP contribution in [-0.4, -0.2) is 22.6 Å². The molecule has 0 saturated heterocycles. The van der Waals surface area contributed by atoms with Crippen molar-refractivity contribution in [2.75, 3.05) is 13.4 Å². The average molecular weight is 257 g/mol. The standard InChI is InChI=1S/C11H15NO2S2/c1-8-5-6-10(14-3)7-11(8)16(13)12-9(2)15-4/h5-7H,1-4H3. The van der Waals surface area contributed by atoms with Gasteiger partial charge in [-0.2, -0.15) is 4.40 Å². The molecule has 0 spiro atoms. The number of aryl methyl sites for hydroxylation is 1. The summed E-state index contributed by atoms with van der Waals surface area (Å²) in [5.74, 6) is 0.700. The van der Waals surface area contributed by atoms with E-state index in [0.29, 0.717) is 10.6 Å². The van der Waals surface area contributed by atoms with Gasteiger partial charge in [0.1, 0.15) is 5.75 Å². The minimum atomic E-state index is -1.35. The van der Waals surface area contributed by atoms with Crippen LogP contribution in [0.3, 0.4) is 0 Å². The summed E-state index contributed by atoms with van der Waals surface area (Å²) in [4.78, 5) is 0.702. The van der Waals surface area contributed by atoms with Crippen LogP contribution in [0.5, 0.6) is 5.75 Å². The Bertz CT molecular complexity index is 430. The first-order valence-corrected chi connectivity index (χ1v) is 7.07. The summed E-state index contributed by atoms with van der Waals surface area (Å²) in [6, 6.07) is 5.50. The predicted octanol–water partition coefficient (Wildman–Crippen LogP) is 2.81. The molecule has 0 bridgehead atoms. The third-order valence-electron chi connectivity index (χ3n) is 2.09. The summed E-state index contributed by atoms with van der Waals surface area (Å²) < 4.78 is 21.2. The van der Waals surface area contributed by atoms with Gasteiger partial charge in [0.2, 0.25) is 0 Å². The fraction of sp³-hybridized carbons (Fsp3) is 0.364. The molecule has 0 aliphatic heterocycles. The third-order valence-corrected chi connectivity index (χ3v) is 4.14. The molecule has 16 heavy (non-hydrogen) atoms. The molecular weight excluding hydrogens is 242 g/mol. The molecule has 0 aromatic heterocycles. The van der Waals surface area contributed by atoms with Gasteiger partial charge >= 0.3 is 0 Å². The first-order chi connectivity index (χ1) is 7.58. The minimum Gasteiger partial charge on any atom is -0.497 e. The van der Waals surface area contributed by atoms with Gasteiger partial charge in [-0.05, 0) is 37.8 Å². The molecular formula is C11H15NO2S2. The number of benzene rings is 1. The second kappa shape index (κ2) is 6.06. The van der Waals surface area contributed by atoms with Crippen LogP contribution >= 0.6 is 11.8 Å². The quantitative estimate of drug-likeness (QED) is 0.617. The van der Waals surface area contributed by atoms with Crippen molar-refractivity contribution in [1.82, 2.24) is 0 Å². The highest BCUT2D eigenvalue weighted by Gasteiger charge is 2.08. The Balaban J connectivity index is 3.07. The van der Waals surface area contributed by atoms with Crippen molar-refractivity contribution in [1.29, 1.82) is 0 Å². The van der Waals surface area contributed by atoms with Gasteiger partial charge in [0, 0.05) is 0 Å². The number of rotatable bonds is 3. The van der Waals surface area contributed by atoms with Crippen molar-refractivity contribution in [2.24, 2.45) is 4.40 Å². The summed E-state index contributed by atoms with van der Waals surface area (Å²) >= 11 is 1.49. The lowest BCUT2D eigenvalue weighted by Crippen LogP contribution is -1.95. The molecule has 88 valence electrons. The Morgan fingerprint density at radius 1 is 1.50 bits per heavy atom. The van der Waals surface area contributed by atoms with E-state index in [-0.39, 0.29) is 0 Å². The summed E-state index contributed by atoms with van der Waals surface area (Å²) in [6.45, 7) is 3.76. The van der Waals surface area contributed by atoms with Gasteiger partial charge in [0.05, 0.1) is 17.0 Å². The van der Waals surface area contributed by atoms with E-state index in [2.05, 4.69) is 4.40 Å². The lowest BCUT2D eigenvalue weighted by molar-refractivity contribution is 0.413. The van der Waals surface area contributed by atoms with Crippen molar-refractivity contribution in [2.45, 2.75) is 18.7 Å². The van der Waals surface area contributed by atoms with Crippen LogP contribution in [0.25, 0.3) is 0 Å². The molecule has 0 amide bonds. The molecule has 1 atom stereocenters. The van der Waals surface area contributed by atoms with E-state index in [1.165, 1.54) is 11.8 Å². The zero-order valence-electron chi connectivity index (χ0n) is 9.81. The van der Waals surface area contributed by atoms with Crippen molar-refractivity contribution < 1.29 is 8.95 Å². The van der Waals surface area contributed by atoms with E-state index in [4.69, 9.17) is 4.74 Å². The lowest BCUT2D eigenvalue weighted by atomic mass is 10.2. The number of hydrogen-bond acceptors (Lipinski definition) is 3. The minimum absolute atomic E-state index is 0.700. The number of methoxy groups -OCH3 is 1. The Morgan fingerprint density at radius 2 is 2.19 bits per heavy atom. The summed E-state index contributed by atoms with van der Waals surface area (Å²) in [5.41, 5.74) is 0.955. The van der Waals surface area contributed by atoms with E-state index in [1.807, 2.05) is 32.2 Å². The maximum absolute atomic E-state index is 12.0. The van der Waals surface area contributed by atoms with Crippen LogP contribution in [-0.2, 0) is 11.0 Å². The van der Waals surface area contributed by atoms with Crippen molar-refractivity contribution in [3.05, 3.63) is 23.8 Å². The normalized spacial score (nSPS) is 13.6. The highest BCUT2D eigenvalue weighted by molar-refractivity contribution is 8.13. The summed E-state index contributed by atoms with van der Waals surface area (Å²) in [7, 11) is 0.241. The van der Waals surface area contributed by atoms with E-state index >= 15 is 0 Å². The molecule has 5 heteroatoms. The fourth-order valence-electron chi connectivity index (χ4n) is 1.10. The molecule has 1 unspecified atom stereocenters. The molecule has 3 nitrogen and oxygen atoms in total. The highest BCUT2D eigenvalue weighted by atomic mass is 32.2. The number of nitrogens with zero attached hydrogens (tertiary/aromatic N) is 1. The summed E-state index contributed by atoms with van der Waals surface area (Å²) in [6.07, 6.45) is 1.91. The molecule has 0 heterocycles. The molecule has 1 aromatic carbocycles. The zero-order chi connectivity index (χ0) is 12.1. The second-order valence-corrected chi connectivity index (χ2v) is 5.31. The van der Waals surface area contributed by atoms with E-state index in [1.54, 1.807) is 13.2 Å². The van der Waals surface area contributed by atoms with Crippen LogP contribution in [0, 0.1) is 6.92 Å².